The third-order valence-electron chi connectivity index (χ3n) is 4.95. The Labute approximate surface area is 124 Å². The van der Waals surface area contributed by atoms with Crippen molar-refractivity contribution in [2.45, 2.75) is 32.1 Å². The summed E-state index contributed by atoms with van der Waals surface area (Å²) in [5.74, 6) is 0.906. The van der Waals surface area contributed by atoms with Crippen molar-refractivity contribution in [2.24, 2.45) is 5.92 Å². The van der Waals surface area contributed by atoms with E-state index in [1.165, 1.54) is 35.4 Å². The van der Waals surface area contributed by atoms with Crippen LogP contribution in [0.3, 0.4) is 0 Å². The van der Waals surface area contributed by atoms with Crippen LogP contribution in [0.4, 0.5) is 0 Å². The molecule has 104 valence electrons. The Kier molecular flexibility index (Phi) is 2.76. The fourth-order valence-electron chi connectivity index (χ4n) is 3.79. The minimum Gasteiger partial charge on any atom is -0.316 e. The highest BCUT2D eigenvalue weighted by molar-refractivity contribution is 7.15. The van der Waals surface area contributed by atoms with Gasteiger partial charge in [-0.3, -0.25) is 0 Å². The van der Waals surface area contributed by atoms with Gasteiger partial charge in [-0.2, -0.15) is 0 Å². The second kappa shape index (κ2) is 4.40. The van der Waals surface area contributed by atoms with E-state index < -0.39 is 0 Å². The summed E-state index contributed by atoms with van der Waals surface area (Å²) in [5, 5.41) is 4.74. The molecule has 1 N–H and O–H groups in total. The topological polar surface area (TPSA) is 24.9 Å². The second-order valence-corrected chi connectivity index (χ2v) is 7.45. The normalized spacial score (nSPS) is 28.2. The summed E-state index contributed by atoms with van der Waals surface area (Å²) in [6, 6.07) is 9.18. The largest absolute Gasteiger partial charge is 0.316 e. The molecule has 0 amide bonds. The molecule has 0 radical (unpaired) electrons. The maximum Gasteiger partial charge on any atom is 0.0903 e. The van der Waals surface area contributed by atoms with Crippen molar-refractivity contribution < 1.29 is 0 Å². The molecule has 3 heteroatoms. The van der Waals surface area contributed by atoms with Gasteiger partial charge in [-0.25, -0.2) is 4.98 Å². The predicted octanol–water partition coefficient (Wildman–Crippen LogP) is 3.68. The third kappa shape index (κ3) is 1.84. The Morgan fingerprint density at radius 3 is 3.00 bits per heavy atom. The molecular weight excluding hydrogens is 264 g/mol. The molecule has 2 heterocycles. The van der Waals surface area contributed by atoms with Gasteiger partial charge in [0, 0.05) is 12.0 Å². The van der Waals surface area contributed by atoms with Crippen LogP contribution in [0, 0.1) is 19.8 Å². The zero-order chi connectivity index (χ0) is 13.7. The number of hydrogen-bond donors (Lipinski definition) is 1. The van der Waals surface area contributed by atoms with Gasteiger partial charge >= 0.3 is 0 Å². The molecule has 2 aliphatic rings. The minimum atomic E-state index is 0.432. The van der Waals surface area contributed by atoms with Crippen molar-refractivity contribution >= 4 is 11.3 Å². The van der Waals surface area contributed by atoms with E-state index in [1.54, 1.807) is 0 Å². The molecule has 2 fully saturated rings. The van der Waals surface area contributed by atoms with Gasteiger partial charge in [-0.15, -0.1) is 11.3 Å². The molecule has 1 aromatic heterocycles. The van der Waals surface area contributed by atoms with Crippen molar-refractivity contribution in [3.05, 3.63) is 40.5 Å². The van der Waals surface area contributed by atoms with Crippen LogP contribution < -0.4 is 5.32 Å². The van der Waals surface area contributed by atoms with E-state index in [0.717, 1.165) is 23.2 Å². The first kappa shape index (κ1) is 12.5. The molecule has 2 nitrogen and oxygen atoms in total. The first-order valence-corrected chi connectivity index (χ1v) is 8.26. The molecule has 0 spiro atoms. The first-order chi connectivity index (χ1) is 9.69. The van der Waals surface area contributed by atoms with Gasteiger partial charge in [-0.1, -0.05) is 18.2 Å². The van der Waals surface area contributed by atoms with Crippen LogP contribution in [0.1, 0.15) is 29.1 Å². The lowest BCUT2D eigenvalue weighted by Gasteiger charge is -2.24. The molecule has 1 saturated heterocycles. The van der Waals surface area contributed by atoms with E-state index in [4.69, 9.17) is 0 Å². The van der Waals surface area contributed by atoms with Crippen molar-refractivity contribution in [1.82, 2.24) is 10.3 Å². The smallest absolute Gasteiger partial charge is 0.0903 e. The van der Waals surface area contributed by atoms with Gasteiger partial charge in [0.25, 0.3) is 0 Å². The lowest BCUT2D eigenvalue weighted by molar-refractivity contribution is 0.447. The molecule has 1 unspecified atom stereocenters. The Morgan fingerprint density at radius 2 is 2.25 bits per heavy atom. The Bertz CT molecular complexity index is 661. The summed E-state index contributed by atoms with van der Waals surface area (Å²) >= 11 is 1.81. The van der Waals surface area contributed by atoms with Crippen LogP contribution >= 0.6 is 11.3 Å². The van der Waals surface area contributed by atoms with Crippen molar-refractivity contribution in [1.29, 1.82) is 0 Å². The van der Waals surface area contributed by atoms with E-state index in [2.05, 4.69) is 48.4 Å². The van der Waals surface area contributed by atoms with Gasteiger partial charge in [-0.05, 0) is 56.3 Å². The molecule has 1 saturated carbocycles. The molecule has 20 heavy (non-hydrogen) atoms. The van der Waals surface area contributed by atoms with E-state index in [0.29, 0.717) is 5.41 Å². The molecule has 1 aliphatic carbocycles. The van der Waals surface area contributed by atoms with Crippen molar-refractivity contribution in [3.63, 3.8) is 0 Å². The minimum absolute atomic E-state index is 0.432. The average Bonchev–Trinajstić information content (AvgIpc) is 3.12. The summed E-state index contributed by atoms with van der Waals surface area (Å²) in [4.78, 5) is 5.90. The molecular formula is C17H20N2S. The third-order valence-corrected chi connectivity index (χ3v) is 6.07. The number of benzene rings is 1. The monoisotopic (exact) mass is 284 g/mol. The number of piperidine rings is 1. The summed E-state index contributed by atoms with van der Waals surface area (Å²) in [5.41, 5.74) is 4.46. The number of nitrogens with zero attached hydrogens (tertiary/aromatic N) is 1. The lowest BCUT2D eigenvalue weighted by atomic mass is 9.89. The van der Waals surface area contributed by atoms with E-state index in [-0.39, 0.29) is 0 Å². The second-order valence-electron chi connectivity index (χ2n) is 6.25. The molecule has 2 atom stereocenters. The van der Waals surface area contributed by atoms with Crippen LogP contribution in [0.15, 0.2) is 24.3 Å². The molecule has 4 rings (SSSR count). The van der Waals surface area contributed by atoms with Gasteiger partial charge in [0.05, 0.1) is 15.6 Å². The maximum atomic E-state index is 4.56. The van der Waals surface area contributed by atoms with Crippen LogP contribution in [0.2, 0.25) is 0 Å². The number of nitrogens with one attached hydrogen (secondary N) is 1. The maximum absolute atomic E-state index is 4.56. The molecule has 1 aliphatic heterocycles. The summed E-state index contributed by atoms with van der Waals surface area (Å²) in [6.07, 6.45) is 2.70. The lowest BCUT2D eigenvalue weighted by Crippen LogP contribution is -2.34. The fraction of sp³-hybridized carbons (Fsp3) is 0.471. The number of thiazole rings is 1. The van der Waals surface area contributed by atoms with Crippen LogP contribution in [0.5, 0.6) is 0 Å². The molecule has 1 aromatic carbocycles. The van der Waals surface area contributed by atoms with Crippen LogP contribution in [-0.4, -0.2) is 18.1 Å². The van der Waals surface area contributed by atoms with E-state index in [9.17, 15) is 0 Å². The van der Waals surface area contributed by atoms with Crippen LogP contribution in [0.25, 0.3) is 10.4 Å². The van der Waals surface area contributed by atoms with Crippen molar-refractivity contribution in [3.8, 4) is 10.4 Å². The number of rotatable bonds is 2. The summed E-state index contributed by atoms with van der Waals surface area (Å²) < 4.78 is 0. The average molecular weight is 284 g/mol. The van der Waals surface area contributed by atoms with E-state index in [1.807, 2.05) is 11.3 Å². The summed E-state index contributed by atoms with van der Waals surface area (Å²) in [7, 11) is 0. The Hall–Kier alpha value is -1.19. The first-order valence-electron chi connectivity index (χ1n) is 7.45. The highest BCUT2D eigenvalue weighted by atomic mass is 32.1. The number of hydrogen-bond acceptors (Lipinski definition) is 3. The fourth-order valence-corrected chi connectivity index (χ4v) is 4.70. The highest BCUT2D eigenvalue weighted by Gasteiger charge is 2.55. The molecule has 2 aromatic rings. The van der Waals surface area contributed by atoms with Gasteiger partial charge < -0.3 is 5.32 Å². The number of fused-ring (bicyclic) bond motifs is 1. The van der Waals surface area contributed by atoms with Crippen LogP contribution in [-0.2, 0) is 5.41 Å². The molecule has 0 bridgehead atoms. The van der Waals surface area contributed by atoms with Gasteiger partial charge in [0.1, 0.15) is 0 Å². The number of aryl methyl sites for hydroxylation is 2. The van der Waals surface area contributed by atoms with Crippen molar-refractivity contribution in [2.75, 3.05) is 13.1 Å². The summed E-state index contributed by atoms with van der Waals surface area (Å²) in [6.45, 7) is 6.55. The highest BCUT2D eigenvalue weighted by Crippen LogP contribution is 2.57. The predicted molar refractivity (Wildman–Crippen MR) is 84.3 cm³/mol. The Balaban J connectivity index is 1.74. The number of aromatic nitrogens is 1. The van der Waals surface area contributed by atoms with Gasteiger partial charge in [0.2, 0.25) is 0 Å². The van der Waals surface area contributed by atoms with E-state index >= 15 is 0 Å². The Morgan fingerprint density at radius 1 is 1.35 bits per heavy atom. The quantitative estimate of drug-likeness (QED) is 0.910. The van der Waals surface area contributed by atoms with Gasteiger partial charge in [0.15, 0.2) is 0 Å². The standard InChI is InChI=1S/C17H20N2S/c1-11-16(20-12(2)19-11)13-4-3-5-14(8-13)17-9-15(17)6-7-18-10-17/h3-5,8,15,18H,6-7,9-10H2,1-2H3/t15?,17-/m0/s1. The zero-order valence-electron chi connectivity index (χ0n) is 12.1. The SMILES string of the molecule is Cc1nc(C)c(-c2cccc([C@]34CNCCC3C4)c2)s1. The zero-order valence-corrected chi connectivity index (χ0v) is 12.9.